The summed E-state index contributed by atoms with van der Waals surface area (Å²) in [6.45, 7) is 2.53. The topological polar surface area (TPSA) is 86.3 Å². The van der Waals surface area contributed by atoms with E-state index in [2.05, 4.69) is 40.2 Å². The molecule has 0 spiro atoms. The van der Waals surface area contributed by atoms with Crippen molar-refractivity contribution in [2.24, 2.45) is 5.92 Å². The first-order valence-corrected chi connectivity index (χ1v) is 15.3. The zero-order valence-electron chi connectivity index (χ0n) is 24.2. The minimum absolute atomic E-state index is 0.0642. The number of phenols is 1. The van der Waals surface area contributed by atoms with Crippen LogP contribution in [0.1, 0.15) is 37.3 Å². The number of aryl methyl sites for hydroxylation is 1. The van der Waals surface area contributed by atoms with Crippen LogP contribution in [0.25, 0.3) is 43.7 Å². The molecule has 2 aromatic heterocycles. The summed E-state index contributed by atoms with van der Waals surface area (Å²) < 4.78 is 26.0. The average molecular weight is 576 g/mol. The highest BCUT2D eigenvalue weighted by molar-refractivity contribution is 6.09. The average Bonchev–Trinajstić information content (AvgIpc) is 3.81. The Morgan fingerprint density at radius 3 is 2.81 bits per heavy atom. The normalized spacial score (nSPS) is 23.3. The number of nitriles is 1. The van der Waals surface area contributed by atoms with Crippen molar-refractivity contribution in [3.63, 3.8) is 0 Å². The van der Waals surface area contributed by atoms with Gasteiger partial charge in [0.1, 0.15) is 17.9 Å². The van der Waals surface area contributed by atoms with E-state index >= 15 is 4.39 Å². The fourth-order valence-corrected chi connectivity index (χ4v) is 7.82. The first-order valence-electron chi connectivity index (χ1n) is 15.3. The second kappa shape index (κ2) is 10.2. The molecule has 3 aromatic carbocycles. The van der Waals surface area contributed by atoms with E-state index < -0.39 is 5.82 Å². The van der Waals surface area contributed by atoms with Gasteiger partial charge in [-0.25, -0.2) is 9.37 Å². The van der Waals surface area contributed by atoms with Crippen molar-refractivity contribution >= 4 is 32.6 Å². The van der Waals surface area contributed by atoms with Crippen molar-refractivity contribution in [2.75, 3.05) is 26.7 Å². The van der Waals surface area contributed by atoms with E-state index in [1.54, 1.807) is 12.1 Å². The lowest BCUT2D eigenvalue weighted by atomic mass is 9.80. The van der Waals surface area contributed by atoms with Gasteiger partial charge >= 0.3 is 0 Å². The Kier molecular flexibility index (Phi) is 6.28. The minimum Gasteiger partial charge on any atom is -0.508 e. The second-order valence-corrected chi connectivity index (χ2v) is 12.5. The number of fused-ring (bicyclic) bond motifs is 5. The van der Waals surface area contributed by atoms with Crippen LogP contribution in [0.3, 0.4) is 0 Å². The summed E-state index contributed by atoms with van der Waals surface area (Å²) in [5.74, 6) is 0.612. The SMILES string of the molecule is CN1CCC[C@H]1COc1nc2c(F)c(-c3cc(O)cc4ccccc34)c(CCC#N)cc2c2c1ccn2C1C2CNC1C2. The number of hydrogen-bond donors (Lipinski definition) is 2. The molecular formula is C35H34FN5O2. The van der Waals surface area contributed by atoms with Gasteiger partial charge in [-0.3, -0.25) is 0 Å². The molecule has 3 unspecified atom stereocenters. The molecule has 5 aromatic rings. The lowest BCUT2D eigenvalue weighted by Gasteiger charge is -2.36. The summed E-state index contributed by atoms with van der Waals surface area (Å²) >= 11 is 0. The maximum Gasteiger partial charge on any atom is 0.223 e. The summed E-state index contributed by atoms with van der Waals surface area (Å²) in [6, 6.07) is 18.3. The lowest BCUT2D eigenvalue weighted by Crippen LogP contribution is -2.38. The van der Waals surface area contributed by atoms with Crippen LogP contribution in [0, 0.1) is 23.1 Å². The Hall–Kier alpha value is -4.19. The molecule has 4 fully saturated rings. The Labute approximate surface area is 249 Å². The quantitative estimate of drug-likeness (QED) is 0.236. The Balaban J connectivity index is 1.39. The van der Waals surface area contributed by atoms with Gasteiger partial charge in [0, 0.05) is 42.2 Å². The molecule has 3 aliphatic heterocycles. The fourth-order valence-electron chi connectivity index (χ4n) is 7.82. The van der Waals surface area contributed by atoms with Crippen molar-refractivity contribution in [1.82, 2.24) is 19.8 Å². The van der Waals surface area contributed by atoms with Gasteiger partial charge in [-0.1, -0.05) is 24.3 Å². The monoisotopic (exact) mass is 575 g/mol. The number of nitrogens with zero attached hydrogens (tertiary/aromatic N) is 4. The number of rotatable bonds is 7. The van der Waals surface area contributed by atoms with Gasteiger partial charge in [0.25, 0.3) is 0 Å². The number of nitrogens with one attached hydrogen (secondary N) is 1. The molecule has 2 N–H and O–H groups in total. The number of aromatic hydroxyl groups is 1. The summed E-state index contributed by atoms with van der Waals surface area (Å²) in [5, 5.41) is 27.1. The number of likely N-dealkylation sites (N-methyl/N-ethyl adjacent to an activating group) is 1. The van der Waals surface area contributed by atoms with E-state index in [0.717, 1.165) is 65.0 Å². The zero-order chi connectivity index (χ0) is 29.2. The van der Waals surface area contributed by atoms with Crippen LogP contribution in [0.2, 0.25) is 0 Å². The molecule has 8 heteroatoms. The first-order chi connectivity index (χ1) is 21.0. The number of aromatic nitrogens is 2. The van der Waals surface area contributed by atoms with E-state index in [1.807, 2.05) is 30.3 Å². The standard InChI is InChI=1S/C35H34FN5O2/c1-40-12-5-8-23(40)19-43-35-26-10-13-41(33-22-16-29(33)38-18-22)34(26)28-15-21(7-4-11-37)30(31(36)32(28)39-35)27-17-24(42)14-20-6-2-3-9-25(20)27/h2-3,6,9-10,13-15,17,22-23,29,33,38,42H,4-5,7-8,12,16,18-19H2,1H3/t22?,23-,29?,33?/m0/s1. The van der Waals surface area contributed by atoms with Gasteiger partial charge in [0.05, 0.1) is 23.0 Å². The predicted molar refractivity (Wildman–Crippen MR) is 166 cm³/mol. The van der Waals surface area contributed by atoms with E-state index in [-0.39, 0.29) is 17.7 Å². The van der Waals surface area contributed by atoms with Crippen LogP contribution >= 0.6 is 0 Å². The highest BCUT2D eigenvalue weighted by Gasteiger charge is 2.48. The fraction of sp³-hybridized carbons (Fsp3) is 0.371. The van der Waals surface area contributed by atoms with Crippen LogP contribution < -0.4 is 10.1 Å². The van der Waals surface area contributed by atoms with E-state index in [1.165, 1.54) is 0 Å². The highest BCUT2D eigenvalue weighted by atomic mass is 19.1. The third-order valence-electron chi connectivity index (χ3n) is 10.1. The summed E-state index contributed by atoms with van der Waals surface area (Å²) in [6.07, 6.45) is 6.10. The molecule has 43 heavy (non-hydrogen) atoms. The van der Waals surface area contributed by atoms with Crippen molar-refractivity contribution in [3.8, 4) is 28.8 Å². The number of phenolic OH excluding ortho intramolecular Hbond substituents is 1. The maximum atomic E-state index is 17.2. The predicted octanol–water partition coefficient (Wildman–Crippen LogP) is 6.32. The second-order valence-electron chi connectivity index (χ2n) is 12.5. The van der Waals surface area contributed by atoms with Gasteiger partial charge in [-0.05, 0) is 91.4 Å². The van der Waals surface area contributed by atoms with Gasteiger partial charge in [0.2, 0.25) is 5.88 Å². The molecule has 0 amide bonds. The molecular weight excluding hydrogens is 541 g/mol. The van der Waals surface area contributed by atoms with Crippen molar-refractivity contribution < 1.29 is 14.2 Å². The molecule has 3 saturated heterocycles. The number of halogens is 1. The Bertz CT molecular complexity index is 1930. The molecule has 218 valence electrons. The summed E-state index contributed by atoms with van der Waals surface area (Å²) in [5.41, 5.74) is 2.90. The largest absolute Gasteiger partial charge is 0.508 e. The first kappa shape index (κ1) is 26.4. The van der Waals surface area contributed by atoms with Crippen LogP contribution in [0.5, 0.6) is 11.6 Å². The molecule has 9 rings (SSSR count). The van der Waals surface area contributed by atoms with Crippen LogP contribution in [-0.2, 0) is 6.42 Å². The third kappa shape index (κ3) is 4.17. The van der Waals surface area contributed by atoms with Gasteiger partial charge in [-0.2, -0.15) is 5.26 Å². The van der Waals surface area contributed by atoms with Gasteiger partial charge in [0.15, 0.2) is 5.82 Å². The summed E-state index contributed by atoms with van der Waals surface area (Å²) in [4.78, 5) is 7.21. The van der Waals surface area contributed by atoms with Crippen LogP contribution in [-0.4, -0.2) is 58.4 Å². The van der Waals surface area contributed by atoms with E-state index in [0.29, 0.717) is 54.1 Å². The molecule has 4 atom stereocenters. The molecule has 1 aliphatic carbocycles. The lowest BCUT2D eigenvalue weighted by molar-refractivity contribution is 0.195. The minimum atomic E-state index is -0.451. The molecule has 2 bridgehead atoms. The van der Waals surface area contributed by atoms with Crippen LogP contribution in [0.15, 0.2) is 54.7 Å². The van der Waals surface area contributed by atoms with Crippen molar-refractivity contribution in [2.45, 2.75) is 50.2 Å². The highest BCUT2D eigenvalue weighted by Crippen LogP contribution is 2.48. The van der Waals surface area contributed by atoms with Crippen molar-refractivity contribution in [3.05, 3.63) is 66.1 Å². The number of ether oxygens (including phenoxy) is 1. The molecule has 1 saturated carbocycles. The maximum absolute atomic E-state index is 17.2. The number of hydrogen-bond acceptors (Lipinski definition) is 6. The van der Waals surface area contributed by atoms with E-state index in [9.17, 15) is 10.4 Å². The molecule has 7 nitrogen and oxygen atoms in total. The number of pyridine rings is 1. The molecule has 5 heterocycles. The third-order valence-corrected chi connectivity index (χ3v) is 10.1. The van der Waals surface area contributed by atoms with Gasteiger partial charge in [-0.15, -0.1) is 0 Å². The van der Waals surface area contributed by atoms with Gasteiger partial charge < -0.3 is 24.6 Å². The molecule has 0 radical (unpaired) electrons. The smallest absolute Gasteiger partial charge is 0.223 e. The Morgan fingerprint density at radius 2 is 2.05 bits per heavy atom. The zero-order valence-corrected chi connectivity index (χ0v) is 24.2. The number of benzene rings is 3. The Morgan fingerprint density at radius 1 is 1.16 bits per heavy atom. The van der Waals surface area contributed by atoms with Crippen molar-refractivity contribution in [1.29, 1.82) is 5.26 Å². The number of likely N-dealkylation sites (tertiary alicyclic amines) is 1. The van der Waals surface area contributed by atoms with Crippen LogP contribution in [0.4, 0.5) is 4.39 Å². The van der Waals surface area contributed by atoms with E-state index in [4.69, 9.17) is 9.72 Å². The summed E-state index contributed by atoms with van der Waals surface area (Å²) in [7, 11) is 2.12. The molecule has 4 aliphatic rings.